The summed E-state index contributed by atoms with van der Waals surface area (Å²) in [4.78, 5) is 36.9. The molecule has 3 aromatic rings. The second-order valence-corrected chi connectivity index (χ2v) is 8.77. The predicted molar refractivity (Wildman–Crippen MR) is 125 cm³/mol. The molecule has 0 unspecified atom stereocenters. The van der Waals surface area contributed by atoms with Gasteiger partial charge in [-0.3, -0.25) is 14.7 Å². The Hall–Kier alpha value is -3.55. The van der Waals surface area contributed by atoms with Crippen LogP contribution in [0.5, 0.6) is 0 Å². The van der Waals surface area contributed by atoms with E-state index in [4.69, 9.17) is 0 Å². The van der Waals surface area contributed by atoms with Crippen LogP contribution in [0, 0.1) is 6.92 Å². The summed E-state index contributed by atoms with van der Waals surface area (Å²) in [5.41, 5.74) is 3.42. The minimum absolute atomic E-state index is 0.117. The molecule has 0 radical (unpaired) electrons. The first-order valence-corrected chi connectivity index (χ1v) is 11.5. The standard InChI is InChI=1S/C25H30N6O2/c1-16(2)20-13-21(30-29-20)25(33)31-12-8-7-11-22(31)23-26-15-19(17(3)28-23)24(32)27-14-18-9-5-4-6-10-18/h4-6,9-10,13,15-16,22H,7-8,11-12,14H2,1-3H3,(H,27,32)(H,29,30)/t22-/m0/s1. The zero-order chi connectivity index (χ0) is 23.4. The van der Waals surface area contributed by atoms with E-state index in [2.05, 4.69) is 39.3 Å². The summed E-state index contributed by atoms with van der Waals surface area (Å²) in [7, 11) is 0. The fourth-order valence-electron chi connectivity index (χ4n) is 4.07. The molecule has 1 aromatic carbocycles. The lowest BCUT2D eigenvalue weighted by molar-refractivity contribution is 0.0593. The fraction of sp³-hybridized carbons (Fsp3) is 0.400. The number of hydrogen-bond donors (Lipinski definition) is 2. The van der Waals surface area contributed by atoms with E-state index in [-0.39, 0.29) is 23.8 Å². The van der Waals surface area contributed by atoms with Gasteiger partial charge in [-0.25, -0.2) is 9.97 Å². The largest absolute Gasteiger partial charge is 0.348 e. The van der Waals surface area contributed by atoms with E-state index in [1.807, 2.05) is 41.3 Å². The minimum Gasteiger partial charge on any atom is -0.348 e. The van der Waals surface area contributed by atoms with Gasteiger partial charge in [-0.15, -0.1) is 0 Å². The van der Waals surface area contributed by atoms with Gasteiger partial charge in [0.1, 0.15) is 5.69 Å². The number of carbonyl (C=O) groups is 2. The molecule has 33 heavy (non-hydrogen) atoms. The van der Waals surface area contributed by atoms with Gasteiger partial charge in [-0.2, -0.15) is 5.10 Å². The smallest absolute Gasteiger partial charge is 0.274 e. The lowest BCUT2D eigenvalue weighted by Gasteiger charge is -2.34. The molecule has 3 heterocycles. The molecule has 2 aromatic heterocycles. The Morgan fingerprint density at radius 2 is 2.00 bits per heavy atom. The number of H-pyrrole nitrogens is 1. The average molecular weight is 447 g/mol. The molecule has 1 atom stereocenters. The number of aryl methyl sites for hydroxylation is 1. The molecule has 1 saturated heterocycles. The van der Waals surface area contributed by atoms with E-state index in [0.717, 1.165) is 30.5 Å². The van der Waals surface area contributed by atoms with Crippen LogP contribution in [-0.4, -0.2) is 43.4 Å². The third-order valence-electron chi connectivity index (χ3n) is 6.04. The molecule has 2 amide bonds. The van der Waals surface area contributed by atoms with Gasteiger partial charge in [0, 0.05) is 25.0 Å². The second-order valence-electron chi connectivity index (χ2n) is 8.77. The highest BCUT2D eigenvalue weighted by Gasteiger charge is 2.32. The summed E-state index contributed by atoms with van der Waals surface area (Å²) >= 11 is 0. The maximum atomic E-state index is 13.2. The quantitative estimate of drug-likeness (QED) is 0.597. The molecule has 4 rings (SSSR count). The van der Waals surface area contributed by atoms with Gasteiger partial charge in [-0.05, 0) is 43.7 Å². The molecule has 1 aliphatic rings. The number of carbonyl (C=O) groups excluding carboxylic acids is 2. The van der Waals surface area contributed by atoms with Crippen LogP contribution in [0.2, 0.25) is 0 Å². The Kier molecular flexibility index (Phi) is 6.82. The first-order valence-electron chi connectivity index (χ1n) is 11.5. The summed E-state index contributed by atoms with van der Waals surface area (Å²) in [5.74, 6) is 0.508. The molecule has 0 spiro atoms. The van der Waals surface area contributed by atoms with E-state index in [1.54, 1.807) is 13.1 Å². The van der Waals surface area contributed by atoms with Gasteiger partial charge in [0.25, 0.3) is 11.8 Å². The topological polar surface area (TPSA) is 104 Å². The van der Waals surface area contributed by atoms with Crippen molar-refractivity contribution >= 4 is 11.8 Å². The molecular weight excluding hydrogens is 416 g/mol. The molecule has 8 heteroatoms. The fourth-order valence-corrected chi connectivity index (χ4v) is 4.07. The van der Waals surface area contributed by atoms with Crippen molar-refractivity contribution in [2.45, 2.75) is 58.5 Å². The SMILES string of the molecule is Cc1nc([C@@H]2CCCCN2C(=O)c2cc(C(C)C)[nH]n2)ncc1C(=O)NCc1ccccc1. The second kappa shape index (κ2) is 9.94. The van der Waals surface area contributed by atoms with Crippen LogP contribution in [0.1, 0.15) is 88.7 Å². The number of benzene rings is 1. The van der Waals surface area contributed by atoms with E-state index in [0.29, 0.717) is 35.9 Å². The van der Waals surface area contributed by atoms with Gasteiger partial charge < -0.3 is 10.2 Å². The van der Waals surface area contributed by atoms with E-state index in [1.165, 1.54) is 0 Å². The van der Waals surface area contributed by atoms with Crippen LogP contribution in [0.15, 0.2) is 42.6 Å². The lowest BCUT2D eigenvalue weighted by atomic mass is 10.0. The molecule has 2 N–H and O–H groups in total. The van der Waals surface area contributed by atoms with Gasteiger partial charge >= 0.3 is 0 Å². The summed E-state index contributed by atoms with van der Waals surface area (Å²) < 4.78 is 0. The zero-order valence-corrected chi connectivity index (χ0v) is 19.3. The van der Waals surface area contributed by atoms with Crippen LogP contribution < -0.4 is 5.32 Å². The highest BCUT2D eigenvalue weighted by atomic mass is 16.2. The number of hydrogen-bond acceptors (Lipinski definition) is 5. The molecular formula is C25H30N6O2. The van der Waals surface area contributed by atoms with Crippen molar-refractivity contribution in [2.75, 3.05) is 6.54 Å². The van der Waals surface area contributed by atoms with E-state index >= 15 is 0 Å². The van der Waals surface area contributed by atoms with Crippen molar-refractivity contribution in [3.05, 3.63) is 76.6 Å². The molecule has 0 aliphatic carbocycles. The Morgan fingerprint density at radius 3 is 2.70 bits per heavy atom. The summed E-state index contributed by atoms with van der Waals surface area (Å²) in [6.45, 7) is 6.99. The summed E-state index contributed by atoms with van der Waals surface area (Å²) in [6, 6.07) is 11.3. The van der Waals surface area contributed by atoms with Crippen molar-refractivity contribution in [3.8, 4) is 0 Å². The van der Waals surface area contributed by atoms with Gasteiger partial charge in [0.05, 0.1) is 17.3 Å². The summed E-state index contributed by atoms with van der Waals surface area (Å²) in [5, 5.41) is 10.1. The molecule has 0 saturated carbocycles. The maximum absolute atomic E-state index is 13.2. The molecule has 172 valence electrons. The van der Waals surface area contributed by atoms with Crippen LogP contribution in [0.25, 0.3) is 0 Å². The Bertz CT molecular complexity index is 1120. The van der Waals surface area contributed by atoms with Gasteiger partial charge in [-0.1, -0.05) is 44.2 Å². The molecule has 1 fully saturated rings. The van der Waals surface area contributed by atoms with Crippen molar-refractivity contribution < 1.29 is 9.59 Å². The number of aromatic amines is 1. The minimum atomic E-state index is -0.231. The normalized spacial score (nSPS) is 16.1. The molecule has 8 nitrogen and oxygen atoms in total. The number of aromatic nitrogens is 4. The Balaban J connectivity index is 1.50. The average Bonchev–Trinajstić information content (AvgIpc) is 3.33. The Labute approximate surface area is 193 Å². The third-order valence-corrected chi connectivity index (χ3v) is 6.04. The molecule has 1 aliphatic heterocycles. The first-order chi connectivity index (χ1) is 15.9. The number of nitrogens with zero attached hydrogens (tertiary/aromatic N) is 4. The van der Waals surface area contributed by atoms with Crippen LogP contribution in [0.3, 0.4) is 0 Å². The Morgan fingerprint density at radius 1 is 1.21 bits per heavy atom. The number of piperidine rings is 1. The lowest BCUT2D eigenvalue weighted by Crippen LogP contribution is -2.39. The van der Waals surface area contributed by atoms with Crippen molar-refractivity contribution in [1.29, 1.82) is 0 Å². The van der Waals surface area contributed by atoms with E-state index < -0.39 is 0 Å². The highest BCUT2D eigenvalue weighted by Crippen LogP contribution is 2.30. The van der Waals surface area contributed by atoms with Crippen molar-refractivity contribution in [3.63, 3.8) is 0 Å². The maximum Gasteiger partial charge on any atom is 0.274 e. The number of amides is 2. The van der Waals surface area contributed by atoms with Crippen LogP contribution in [-0.2, 0) is 6.54 Å². The predicted octanol–water partition coefficient (Wildman–Crippen LogP) is 3.93. The number of nitrogens with one attached hydrogen (secondary N) is 2. The van der Waals surface area contributed by atoms with Gasteiger partial charge in [0.15, 0.2) is 5.82 Å². The zero-order valence-electron chi connectivity index (χ0n) is 19.3. The van der Waals surface area contributed by atoms with Gasteiger partial charge in [0.2, 0.25) is 0 Å². The van der Waals surface area contributed by atoms with Crippen LogP contribution in [0.4, 0.5) is 0 Å². The first kappa shape index (κ1) is 22.6. The van der Waals surface area contributed by atoms with Crippen molar-refractivity contribution in [2.24, 2.45) is 0 Å². The van der Waals surface area contributed by atoms with Crippen molar-refractivity contribution in [1.82, 2.24) is 30.4 Å². The van der Waals surface area contributed by atoms with Crippen LogP contribution >= 0.6 is 0 Å². The highest BCUT2D eigenvalue weighted by molar-refractivity contribution is 5.95. The summed E-state index contributed by atoms with van der Waals surface area (Å²) in [6.07, 6.45) is 4.28. The third kappa shape index (κ3) is 5.10. The monoisotopic (exact) mass is 446 g/mol. The van der Waals surface area contributed by atoms with E-state index in [9.17, 15) is 9.59 Å². The number of likely N-dealkylation sites (tertiary alicyclic amines) is 1. The molecule has 0 bridgehead atoms. The number of rotatable bonds is 6.